The van der Waals surface area contributed by atoms with Crippen molar-refractivity contribution in [3.8, 4) is 0 Å². The van der Waals surface area contributed by atoms with E-state index >= 15 is 0 Å². The Balaban J connectivity index is 1.13. The van der Waals surface area contributed by atoms with Crippen molar-refractivity contribution in [1.29, 1.82) is 0 Å². The van der Waals surface area contributed by atoms with Crippen molar-refractivity contribution < 1.29 is 9.59 Å². The van der Waals surface area contributed by atoms with E-state index in [4.69, 9.17) is 0 Å². The molecule has 1 saturated carbocycles. The molecular weight excluding hydrogens is 364 g/mol. The predicted molar refractivity (Wildman–Crippen MR) is 113 cm³/mol. The molecule has 2 amide bonds. The lowest BCUT2D eigenvalue weighted by molar-refractivity contribution is -0.135. The van der Waals surface area contributed by atoms with Gasteiger partial charge in [0.15, 0.2) is 0 Å². The highest BCUT2D eigenvalue weighted by Gasteiger charge is 2.58. The van der Waals surface area contributed by atoms with E-state index in [0.29, 0.717) is 17.9 Å². The lowest BCUT2D eigenvalue weighted by Gasteiger charge is -2.37. The molecule has 6 heteroatoms. The third kappa shape index (κ3) is 3.68. The number of piperazine rings is 1. The molecular formula is C23H32N4O2. The van der Waals surface area contributed by atoms with E-state index in [1.165, 1.54) is 5.56 Å². The first kappa shape index (κ1) is 19.1. The molecule has 1 N–H and O–H groups in total. The maximum atomic E-state index is 13.0. The fourth-order valence-electron chi connectivity index (χ4n) is 5.59. The summed E-state index contributed by atoms with van der Waals surface area (Å²) in [5, 5.41) is 3.41. The smallest absolute Gasteiger partial charge is 0.241 e. The van der Waals surface area contributed by atoms with Crippen molar-refractivity contribution in [2.45, 2.75) is 32.1 Å². The Hall–Kier alpha value is -1.92. The molecule has 2 saturated heterocycles. The van der Waals surface area contributed by atoms with Crippen LogP contribution in [-0.2, 0) is 16.0 Å². The Kier molecular flexibility index (Phi) is 5.08. The molecule has 29 heavy (non-hydrogen) atoms. The van der Waals surface area contributed by atoms with Crippen LogP contribution in [0.3, 0.4) is 0 Å². The monoisotopic (exact) mass is 396 g/mol. The number of fused-ring (bicyclic) bond motifs is 1. The molecule has 1 aliphatic carbocycles. The summed E-state index contributed by atoms with van der Waals surface area (Å²) < 4.78 is 0. The van der Waals surface area contributed by atoms with Gasteiger partial charge in [0, 0.05) is 44.3 Å². The van der Waals surface area contributed by atoms with Crippen molar-refractivity contribution >= 4 is 17.5 Å². The van der Waals surface area contributed by atoms with Crippen molar-refractivity contribution in [2.75, 3.05) is 57.3 Å². The van der Waals surface area contributed by atoms with Crippen LogP contribution in [-0.4, -0.2) is 74.0 Å². The number of piperidine rings is 1. The van der Waals surface area contributed by atoms with Crippen LogP contribution in [0.1, 0.15) is 31.2 Å². The number of rotatable bonds is 3. The van der Waals surface area contributed by atoms with Crippen LogP contribution in [0.25, 0.3) is 0 Å². The topological polar surface area (TPSA) is 55.9 Å². The normalized spacial score (nSPS) is 26.3. The first-order valence-electron chi connectivity index (χ1n) is 11.3. The number of nitrogens with one attached hydrogen (secondary N) is 1. The molecule has 5 rings (SSSR count). The molecule has 3 aliphatic heterocycles. The van der Waals surface area contributed by atoms with Crippen LogP contribution < -0.4 is 10.2 Å². The van der Waals surface area contributed by atoms with Crippen molar-refractivity contribution in [1.82, 2.24) is 15.1 Å². The zero-order valence-corrected chi connectivity index (χ0v) is 17.2. The van der Waals surface area contributed by atoms with Gasteiger partial charge < -0.3 is 15.1 Å². The number of amides is 2. The molecule has 156 valence electrons. The van der Waals surface area contributed by atoms with Gasteiger partial charge in [0.1, 0.15) is 0 Å². The van der Waals surface area contributed by atoms with Crippen LogP contribution in [0.2, 0.25) is 0 Å². The van der Waals surface area contributed by atoms with Gasteiger partial charge in [-0.2, -0.15) is 0 Å². The zero-order chi connectivity index (χ0) is 19.8. The number of benzene rings is 1. The number of nitrogens with zero attached hydrogens (tertiary/aromatic N) is 3. The minimum atomic E-state index is 0.188. The Morgan fingerprint density at radius 1 is 1.03 bits per heavy atom. The molecule has 1 unspecified atom stereocenters. The predicted octanol–water partition coefficient (Wildman–Crippen LogP) is 1.50. The molecule has 0 aromatic heterocycles. The summed E-state index contributed by atoms with van der Waals surface area (Å²) in [7, 11) is 0. The summed E-state index contributed by atoms with van der Waals surface area (Å²) in [6, 6.07) is 8.26. The van der Waals surface area contributed by atoms with Crippen molar-refractivity contribution in [3.05, 3.63) is 29.8 Å². The largest absolute Gasteiger partial charge is 0.340 e. The van der Waals surface area contributed by atoms with E-state index < -0.39 is 0 Å². The Bertz CT molecular complexity index is 781. The molecule has 3 heterocycles. The summed E-state index contributed by atoms with van der Waals surface area (Å²) in [6.45, 7) is 6.49. The number of hydrogen-bond acceptors (Lipinski definition) is 4. The fraction of sp³-hybridized carbons (Fsp3) is 0.652. The van der Waals surface area contributed by atoms with Crippen LogP contribution >= 0.6 is 0 Å². The van der Waals surface area contributed by atoms with Gasteiger partial charge >= 0.3 is 0 Å². The number of aryl methyl sites for hydroxylation is 1. The lowest BCUT2D eigenvalue weighted by atomic mass is 9.91. The average molecular weight is 397 g/mol. The number of anilines is 1. The van der Waals surface area contributed by atoms with Gasteiger partial charge in [-0.15, -0.1) is 0 Å². The summed E-state index contributed by atoms with van der Waals surface area (Å²) in [6.07, 6.45) is 5.47. The summed E-state index contributed by atoms with van der Waals surface area (Å²) >= 11 is 0. The van der Waals surface area contributed by atoms with Crippen LogP contribution in [0.15, 0.2) is 24.3 Å². The number of para-hydroxylation sites is 1. The first-order valence-corrected chi connectivity index (χ1v) is 11.3. The molecule has 1 aromatic carbocycles. The SMILES string of the molecule is O=C(C1CC12CCNCC2)N1CCN(CC(=O)N2CCCc3ccccc32)CC1. The van der Waals surface area contributed by atoms with E-state index in [-0.39, 0.29) is 11.8 Å². The molecule has 1 aromatic rings. The van der Waals surface area contributed by atoms with Crippen LogP contribution in [0, 0.1) is 11.3 Å². The highest BCUT2D eigenvalue weighted by atomic mass is 16.2. The second kappa shape index (κ2) is 7.73. The van der Waals surface area contributed by atoms with Crippen LogP contribution in [0.4, 0.5) is 5.69 Å². The van der Waals surface area contributed by atoms with E-state index in [0.717, 1.165) is 83.6 Å². The Labute approximate surface area is 173 Å². The van der Waals surface area contributed by atoms with E-state index in [1.54, 1.807) is 0 Å². The molecule has 6 nitrogen and oxygen atoms in total. The first-order chi connectivity index (χ1) is 14.2. The van der Waals surface area contributed by atoms with Gasteiger partial charge in [0.05, 0.1) is 6.54 Å². The quantitative estimate of drug-likeness (QED) is 0.841. The zero-order valence-electron chi connectivity index (χ0n) is 17.2. The second-order valence-electron chi connectivity index (χ2n) is 9.25. The van der Waals surface area contributed by atoms with Gasteiger partial charge in [-0.25, -0.2) is 0 Å². The molecule has 4 aliphatic rings. The minimum absolute atomic E-state index is 0.188. The number of carbonyl (C=O) groups is 2. The maximum Gasteiger partial charge on any atom is 0.241 e. The second-order valence-corrected chi connectivity index (χ2v) is 9.25. The van der Waals surface area contributed by atoms with E-state index in [9.17, 15) is 9.59 Å². The third-order valence-corrected chi connectivity index (χ3v) is 7.54. The van der Waals surface area contributed by atoms with Gasteiger partial charge in [-0.1, -0.05) is 18.2 Å². The molecule has 1 atom stereocenters. The number of hydrogen-bond donors (Lipinski definition) is 1. The Morgan fingerprint density at radius 3 is 2.59 bits per heavy atom. The van der Waals surface area contributed by atoms with Gasteiger partial charge in [0.2, 0.25) is 11.8 Å². The standard InChI is InChI=1S/C23H32N4O2/c28-21(27-11-3-5-18-4-1-2-6-20(18)27)17-25-12-14-26(15-13-25)22(29)19-16-23(19)7-9-24-10-8-23/h1-2,4,6,19,24H,3,5,7-17H2. The third-order valence-electron chi connectivity index (χ3n) is 7.54. The van der Waals surface area contributed by atoms with Gasteiger partial charge in [0.25, 0.3) is 0 Å². The van der Waals surface area contributed by atoms with E-state index in [2.05, 4.69) is 33.3 Å². The molecule has 0 radical (unpaired) electrons. The van der Waals surface area contributed by atoms with Gasteiger partial charge in [-0.3, -0.25) is 14.5 Å². The maximum absolute atomic E-state index is 13.0. The lowest BCUT2D eigenvalue weighted by Crippen LogP contribution is -2.52. The van der Waals surface area contributed by atoms with Crippen molar-refractivity contribution in [2.24, 2.45) is 11.3 Å². The minimum Gasteiger partial charge on any atom is -0.340 e. The summed E-state index contributed by atoms with van der Waals surface area (Å²) in [5.74, 6) is 0.804. The molecule has 1 spiro atoms. The molecule has 0 bridgehead atoms. The molecule has 3 fully saturated rings. The highest BCUT2D eigenvalue weighted by Crippen LogP contribution is 2.59. The van der Waals surface area contributed by atoms with Crippen LogP contribution in [0.5, 0.6) is 0 Å². The number of carbonyl (C=O) groups excluding carboxylic acids is 2. The highest BCUT2D eigenvalue weighted by molar-refractivity contribution is 5.96. The van der Waals surface area contributed by atoms with E-state index in [1.807, 2.05) is 11.0 Å². The Morgan fingerprint density at radius 2 is 1.79 bits per heavy atom. The fourth-order valence-corrected chi connectivity index (χ4v) is 5.59. The summed E-state index contributed by atoms with van der Waals surface area (Å²) in [4.78, 5) is 32.2. The van der Waals surface area contributed by atoms with Crippen molar-refractivity contribution in [3.63, 3.8) is 0 Å². The summed E-state index contributed by atoms with van der Waals surface area (Å²) in [5.41, 5.74) is 2.66. The van der Waals surface area contributed by atoms with Gasteiger partial charge in [-0.05, 0) is 62.2 Å². The average Bonchev–Trinajstić information content (AvgIpc) is 3.46.